The highest BCUT2D eigenvalue weighted by molar-refractivity contribution is 7.16. The van der Waals surface area contributed by atoms with Gasteiger partial charge in [0.05, 0.1) is 17.1 Å². The molecule has 3 aromatic heterocycles. The first kappa shape index (κ1) is 9.02. The predicted octanol–water partition coefficient (Wildman–Crippen LogP) is 1.98. The van der Waals surface area contributed by atoms with Crippen molar-refractivity contribution in [3.8, 4) is 10.6 Å². The number of fused-ring (bicyclic) bond motifs is 1. The fraction of sp³-hybridized carbons (Fsp3) is 0.111. The molecule has 0 amide bonds. The summed E-state index contributed by atoms with van der Waals surface area (Å²) in [6.45, 7) is 0.413. The van der Waals surface area contributed by atoms with Crippen LogP contribution in [0.5, 0.6) is 0 Å². The van der Waals surface area contributed by atoms with Crippen molar-refractivity contribution in [2.24, 2.45) is 5.73 Å². The van der Waals surface area contributed by atoms with Gasteiger partial charge >= 0.3 is 0 Å². The molecule has 0 aliphatic heterocycles. The topological polar surface area (TPSA) is 56.2 Å². The number of nitrogens with zero attached hydrogens (tertiary/aromatic N) is 3. The van der Waals surface area contributed by atoms with Crippen molar-refractivity contribution in [2.75, 3.05) is 0 Å². The molecule has 76 valence electrons. The maximum atomic E-state index is 5.63. The predicted molar refractivity (Wildman–Crippen MR) is 62.1 cm³/mol. The van der Waals surface area contributed by atoms with Gasteiger partial charge in [0.2, 0.25) is 4.96 Å². The van der Waals surface area contributed by atoms with E-state index in [0.717, 1.165) is 16.5 Å². The summed E-state index contributed by atoms with van der Waals surface area (Å²) >= 11 is 3.30. The SMILES string of the molecule is NCc1nnc2scc(-c3cccs3)n12. The van der Waals surface area contributed by atoms with Gasteiger partial charge in [0.15, 0.2) is 5.82 Å². The Bertz CT molecular complexity index is 578. The van der Waals surface area contributed by atoms with Crippen LogP contribution in [0.15, 0.2) is 22.9 Å². The molecular weight excluding hydrogens is 228 g/mol. The van der Waals surface area contributed by atoms with E-state index in [1.807, 2.05) is 10.5 Å². The number of rotatable bonds is 2. The standard InChI is InChI=1S/C9H8N4S2/c10-4-8-11-12-9-13(8)6(5-15-9)7-2-1-3-14-7/h1-3,5H,4,10H2. The molecule has 6 heteroatoms. The van der Waals surface area contributed by atoms with E-state index in [1.165, 1.54) is 4.88 Å². The molecule has 4 nitrogen and oxygen atoms in total. The van der Waals surface area contributed by atoms with Crippen molar-refractivity contribution in [3.63, 3.8) is 0 Å². The van der Waals surface area contributed by atoms with Crippen LogP contribution in [0.1, 0.15) is 5.82 Å². The second-order valence-electron chi connectivity index (χ2n) is 3.04. The molecule has 15 heavy (non-hydrogen) atoms. The Morgan fingerprint density at radius 1 is 1.33 bits per heavy atom. The second-order valence-corrected chi connectivity index (χ2v) is 4.82. The molecule has 3 rings (SSSR count). The molecule has 0 saturated heterocycles. The molecule has 0 spiro atoms. The van der Waals surface area contributed by atoms with Gasteiger partial charge in [0.25, 0.3) is 0 Å². The van der Waals surface area contributed by atoms with Gasteiger partial charge in [-0.15, -0.1) is 32.9 Å². The van der Waals surface area contributed by atoms with E-state index >= 15 is 0 Å². The third-order valence-corrected chi connectivity index (χ3v) is 3.88. The smallest absolute Gasteiger partial charge is 0.216 e. The van der Waals surface area contributed by atoms with Gasteiger partial charge in [0.1, 0.15) is 0 Å². The fourth-order valence-corrected chi connectivity index (χ4v) is 3.16. The van der Waals surface area contributed by atoms with E-state index in [0.29, 0.717) is 6.54 Å². The summed E-state index contributed by atoms with van der Waals surface area (Å²) in [5.41, 5.74) is 6.76. The van der Waals surface area contributed by atoms with Crippen LogP contribution in [0, 0.1) is 0 Å². The molecule has 0 fully saturated rings. The molecule has 3 aromatic rings. The van der Waals surface area contributed by atoms with Crippen LogP contribution in [0.2, 0.25) is 0 Å². The summed E-state index contributed by atoms with van der Waals surface area (Å²) in [6.07, 6.45) is 0. The molecule has 0 atom stereocenters. The lowest BCUT2D eigenvalue weighted by molar-refractivity contribution is 0.887. The molecule has 0 saturated carbocycles. The summed E-state index contributed by atoms with van der Waals surface area (Å²) in [5.74, 6) is 0.814. The van der Waals surface area contributed by atoms with Crippen molar-refractivity contribution in [1.82, 2.24) is 14.6 Å². The van der Waals surface area contributed by atoms with Gasteiger partial charge in [-0.1, -0.05) is 6.07 Å². The Hall–Kier alpha value is -1.24. The highest BCUT2D eigenvalue weighted by atomic mass is 32.1. The van der Waals surface area contributed by atoms with Gasteiger partial charge < -0.3 is 5.73 Å². The Balaban J connectivity index is 2.31. The van der Waals surface area contributed by atoms with Gasteiger partial charge in [-0.2, -0.15) is 0 Å². The third kappa shape index (κ3) is 1.30. The minimum Gasteiger partial charge on any atom is -0.324 e. The molecule has 2 N–H and O–H groups in total. The minimum absolute atomic E-state index is 0.413. The van der Waals surface area contributed by atoms with Crippen molar-refractivity contribution >= 4 is 27.6 Å². The van der Waals surface area contributed by atoms with Crippen molar-refractivity contribution in [1.29, 1.82) is 0 Å². The highest BCUT2D eigenvalue weighted by Crippen LogP contribution is 2.29. The van der Waals surface area contributed by atoms with Crippen molar-refractivity contribution in [3.05, 3.63) is 28.7 Å². The monoisotopic (exact) mass is 236 g/mol. The third-order valence-electron chi connectivity index (χ3n) is 2.17. The van der Waals surface area contributed by atoms with E-state index in [2.05, 4.69) is 27.0 Å². The molecule has 0 bridgehead atoms. The lowest BCUT2D eigenvalue weighted by Gasteiger charge is -1.97. The first-order valence-electron chi connectivity index (χ1n) is 4.45. The summed E-state index contributed by atoms with van der Waals surface area (Å²) in [5, 5.41) is 12.3. The van der Waals surface area contributed by atoms with Gasteiger partial charge in [-0.3, -0.25) is 4.40 Å². The first-order chi connectivity index (χ1) is 7.40. The lowest BCUT2D eigenvalue weighted by Crippen LogP contribution is -2.02. The van der Waals surface area contributed by atoms with E-state index in [4.69, 9.17) is 5.73 Å². The molecule has 0 aromatic carbocycles. The maximum Gasteiger partial charge on any atom is 0.216 e. The second kappa shape index (κ2) is 3.41. The summed E-state index contributed by atoms with van der Waals surface area (Å²) in [7, 11) is 0. The van der Waals surface area contributed by atoms with Crippen LogP contribution in [0.3, 0.4) is 0 Å². The minimum atomic E-state index is 0.413. The normalized spacial score (nSPS) is 11.3. The van der Waals surface area contributed by atoms with E-state index < -0.39 is 0 Å². The van der Waals surface area contributed by atoms with Gasteiger partial charge in [-0.25, -0.2) is 0 Å². The number of thiazole rings is 1. The largest absolute Gasteiger partial charge is 0.324 e. The molecule has 3 heterocycles. The molecule has 0 radical (unpaired) electrons. The zero-order valence-electron chi connectivity index (χ0n) is 7.75. The zero-order valence-corrected chi connectivity index (χ0v) is 9.38. The lowest BCUT2D eigenvalue weighted by atomic mass is 10.4. The van der Waals surface area contributed by atoms with Crippen LogP contribution in [-0.4, -0.2) is 14.6 Å². The maximum absolute atomic E-state index is 5.63. The summed E-state index contributed by atoms with van der Waals surface area (Å²) < 4.78 is 2.02. The Morgan fingerprint density at radius 3 is 3.00 bits per heavy atom. The van der Waals surface area contributed by atoms with Crippen molar-refractivity contribution in [2.45, 2.75) is 6.54 Å². The Morgan fingerprint density at radius 2 is 2.27 bits per heavy atom. The Kier molecular flexibility index (Phi) is 2.05. The van der Waals surface area contributed by atoms with Crippen molar-refractivity contribution < 1.29 is 0 Å². The molecule has 0 aliphatic rings. The van der Waals surface area contributed by atoms with Crippen LogP contribution < -0.4 is 5.73 Å². The number of thiophene rings is 1. The number of nitrogens with two attached hydrogens (primary N) is 1. The van der Waals surface area contributed by atoms with Gasteiger partial charge in [-0.05, 0) is 11.4 Å². The quantitative estimate of drug-likeness (QED) is 0.740. The van der Waals surface area contributed by atoms with Crippen LogP contribution in [-0.2, 0) is 6.54 Å². The molecule has 0 unspecified atom stereocenters. The summed E-state index contributed by atoms with van der Waals surface area (Å²) in [6, 6.07) is 4.13. The zero-order chi connectivity index (χ0) is 10.3. The Labute approximate surface area is 94.0 Å². The average Bonchev–Trinajstić information content (AvgIpc) is 2.94. The molecular formula is C9H8N4S2. The van der Waals surface area contributed by atoms with Crippen LogP contribution in [0.4, 0.5) is 0 Å². The van der Waals surface area contributed by atoms with E-state index in [-0.39, 0.29) is 0 Å². The van der Waals surface area contributed by atoms with E-state index in [9.17, 15) is 0 Å². The average molecular weight is 236 g/mol. The molecule has 0 aliphatic carbocycles. The van der Waals surface area contributed by atoms with Crippen LogP contribution >= 0.6 is 22.7 Å². The van der Waals surface area contributed by atoms with Crippen LogP contribution in [0.25, 0.3) is 15.5 Å². The van der Waals surface area contributed by atoms with Gasteiger partial charge in [0, 0.05) is 5.38 Å². The fourth-order valence-electron chi connectivity index (χ4n) is 1.50. The number of hydrogen-bond acceptors (Lipinski definition) is 5. The van der Waals surface area contributed by atoms with E-state index in [1.54, 1.807) is 22.7 Å². The number of hydrogen-bond donors (Lipinski definition) is 1. The summed E-state index contributed by atoms with van der Waals surface area (Å²) in [4.78, 5) is 2.12. The highest BCUT2D eigenvalue weighted by Gasteiger charge is 2.12. The number of aromatic nitrogens is 3. The first-order valence-corrected chi connectivity index (χ1v) is 6.21.